The van der Waals surface area contributed by atoms with Crippen molar-refractivity contribution in [1.29, 1.82) is 0 Å². The van der Waals surface area contributed by atoms with Gasteiger partial charge in [0.25, 0.3) is 0 Å². The van der Waals surface area contributed by atoms with E-state index in [9.17, 15) is 14.7 Å². The summed E-state index contributed by atoms with van der Waals surface area (Å²) in [4.78, 5) is 22.5. The minimum absolute atomic E-state index is 0.108. The van der Waals surface area contributed by atoms with Gasteiger partial charge in [-0.15, -0.1) is 0 Å². The molecule has 1 aliphatic carbocycles. The summed E-state index contributed by atoms with van der Waals surface area (Å²) in [7, 11) is 0. The molecular formula is C14H15O3-. The molecule has 0 aromatic heterocycles. The van der Waals surface area contributed by atoms with Crippen LogP contribution in [0.4, 0.5) is 0 Å². The maximum absolute atomic E-state index is 11.4. The summed E-state index contributed by atoms with van der Waals surface area (Å²) >= 11 is 0. The molecule has 0 saturated heterocycles. The SMILES string of the molecule is O=C1CCC(C(=O)[O-])C(Cc2ccccc2)C1. The lowest BCUT2D eigenvalue weighted by atomic mass is 9.75. The van der Waals surface area contributed by atoms with Crippen molar-refractivity contribution in [3.8, 4) is 0 Å². The summed E-state index contributed by atoms with van der Waals surface area (Å²) < 4.78 is 0. The molecule has 2 rings (SSSR count). The molecule has 1 aliphatic rings. The maximum atomic E-state index is 11.4. The molecular weight excluding hydrogens is 216 g/mol. The van der Waals surface area contributed by atoms with Crippen LogP contribution in [0.15, 0.2) is 30.3 Å². The van der Waals surface area contributed by atoms with Gasteiger partial charge in [0, 0.05) is 24.7 Å². The van der Waals surface area contributed by atoms with Gasteiger partial charge in [0.05, 0.1) is 0 Å². The molecule has 0 aliphatic heterocycles. The van der Waals surface area contributed by atoms with Gasteiger partial charge in [-0.2, -0.15) is 0 Å². The highest BCUT2D eigenvalue weighted by atomic mass is 16.4. The van der Waals surface area contributed by atoms with Crippen LogP contribution < -0.4 is 5.11 Å². The number of carboxylic acid groups (broad SMARTS) is 1. The highest BCUT2D eigenvalue weighted by Crippen LogP contribution is 2.30. The van der Waals surface area contributed by atoms with Gasteiger partial charge in [0.2, 0.25) is 0 Å². The van der Waals surface area contributed by atoms with Crippen LogP contribution in [0, 0.1) is 11.8 Å². The molecule has 0 bridgehead atoms. The molecule has 1 aromatic rings. The van der Waals surface area contributed by atoms with Gasteiger partial charge in [-0.1, -0.05) is 30.3 Å². The number of hydrogen-bond acceptors (Lipinski definition) is 3. The summed E-state index contributed by atoms with van der Waals surface area (Å²) in [6.45, 7) is 0. The highest BCUT2D eigenvalue weighted by Gasteiger charge is 2.30. The second kappa shape index (κ2) is 5.13. The molecule has 0 heterocycles. The van der Waals surface area contributed by atoms with E-state index in [0.29, 0.717) is 25.7 Å². The molecule has 1 aromatic carbocycles. The Hall–Kier alpha value is -1.64. The van der Waals surface area contributed by atoms with Gasteiger partial charge in [-0.05, 0) is 24.3 Å². The first-order valence-electron chi connectivity index (χ1n) is 5.93. The highest BCUT2D eigenvalue weighted by molar-refractivity contribution is 5.82. The third-order valence-corrected chi connectivity index (χ3v) is 3.44. The van der Waals surface area contributed by atoms with Crippen LogP contribution in [0.25, 0.3) is 0 Å². The van der Waals surface area contributed by atoms with Crippen molar-refractivity contribution in [1.82, 2.24) is 0 Å². The third-order valence-electron chi connectivity index (χ3n) is 3.44. The van der Waals surface area contributed by atoms with E-state index in [1.807, 2.05) is 30.3 Å². The first kappa shape index (κ1) is 11.8. The predicted molar refractivity (Wildman–Crippen MR) is 61.0 cm³/mol. The summed E-state index contributed by atoms with van der Waals surface area (Å²) in [5, 5.41) is 11.0. The van der Waals surface area contributed by atoms with Gasteiger partial charge < -0.3 is 9.90 Å². The van der Waals surface area contributed by atoms with E-state index in [0.717, 1.165) is 5.56 Å². The van der Waals surface area contributed by atoms with Crippen LogP contribution in [-0.4, -0.2) is 11.8 Å². The first-order chi connectivity index (χ1) is 8.16. The Bertz CT molecular complexity index is 411. The van der Waals surface area contributed by atoms with E-state index in [1.165, 1.54) is 0 Å². The molecule has 0 amide bonds. The van der Waals surface area contributed by atoms with E-state index >= 15 is 0 Å². The molecule has 2 unspecified atom stereocenters. The lowest BCUT2D eigenvalue weighted by Crippen LogP contribution is -2.40. The zero-order valence-corrected chi connectivity index (χ0v) is 9.59. The van der Waals surface area contributed by atoms with E-state index < -0.39 is 11.9 Å². The molecule has 2 atom stereocenters. The Kier molecular flexibility index (Phi) is 3.57. The normalized spacial score (nSPS) is 24.6. The number of carbonyl (C=O) groups excluding carboxylic acids is 2. The van der Waals surface area contributed by atoms with Crippen LogP contribution in [-0.2, 0) is 16.0 Å². The van der Waals surface area contributed by atoms with Crippen molar-refractivity contribution in [3.05, 3.63) is 35.9 Å². The standard InChI is InChI=1S/C14H16O3/c15-12-6-7-13(14(16)17)11(9-12)8-10-4-2-1-3-5-10/h1-5,11,13H,6-9H2,(H,16,17)/p-1. The minimum Gasteiger partial charge on any atom is -0.550 e. The van der Waals surface area contributed by atoms with E-state index in [1.54, 1.807) is 0 Å². The Balaban J connectivity index is 2.10. The quantitative estimate of drug-likeness (QED) is 0.778. The van der Waals surface area contributed by atoms with Crippen LogP contribution in [0.2, 0.25) is 0 Å². The fourth-order valence-corrected chi connectivity index (χ4v) is 2.53. The zero-order valence-electron chi connectivity index (χ0n) is 9.59. The molecule has 17 heavy (non-hydrogen) atoms. The first-order valence-corrected chi connectivity index (χ1v) is 5.93. The molecule has 3 nitrogen and oxygen atoms in total. The molecule has 90 valence electrons. The molecule has 3 heteroatoms. The summed E-state index contributed by atoms with van der Waals surface area (Å²) in [5.41, 5.74) is 1.08. The number of carboxylic acids is 1. The fraction of sp³-hybridized carbons (Fsp3) is 0.429. The van der Waals surface area contributed by atoms with Crippen molar-refractivity contribution in [3.63, 3.8) is 0 Å². The van der Waals surface area contributed by atoms with Gasteiger partial charge in [-0.3, -0.25) is 4.79 Å². The summed E-state index contributed by atoms with van der Waals surface area (Å²) in [6, 6.07) is 9.70. The van der Waals surface area contributed by atoms with Crippen LogP contribution in [0.5, 0.6) is 0 Å². The largest absolute Gasteiger partial charge is 0.550 e. The van der Waals surface area contributed by atoms with Crippen LogP contribution >= 0.6 is 0 Å². The second-order valence-corrected chi connectivity index (χ2v) is 4.66. The third kappa shape index (κ3) is 2.93. The molecule has 0 spiro atoms. The van der Waals surface area contributed by atoms with Crippen LogP contribution in [0.1, 0.15) is 24.8 Å². The summed E-state index contributed by atoms with van der Waals surface area (Å²) in [6.07, 6.45) is 1.82. The Labute approximate surface area is 100 Å². The maximum Gasteiger partial charge on any atom is 0.133 e. The molecule has 0 radical (unpaired) electrons. The van der Waals surface area contributed by atoms with Crippen LogP contribution in [0.3, 0.4) is 0 Å². The van der Waals surface area contributed by atoms with Crippen molar-refractivity contribution in [2.24, 2.45) is 11.8 Å². The minimum atomic E-state index is -1.02. The average molecular weight is 231 g/mol. The predicted octanol–water partition coefficient (Wildman–Crippen LogP) is 0.964. The lowest BCUT2D eigenvalue weighted by molar-refractivity contribution is -0.313. The van der Waals surface area contributed by atoms with E-state index in [-0.39, 0.29) is 11.7 Å². The van der Waals surface area contributed by atoms with Crippen molar-refractivity contribution < 1.29 is 14.7 Å². The number of carbonyl (C=O) groups is 2. The van der Waals surface area contributed by atoms with Crippen molar-refractivity contribution >= 4 is 11.8 Å². The monoisotopic (exact) mass is 231 g/mol. The lowest BCUT2D eigenvalue weighted by Gasteiger charge is -2.31. The van der Waals surface area contributed by atoms with Gasteiger partial charge >= 0.3 is 0 Å². The zero-order chi connectivity index (χ0) is 12.3. The van der Waals surface area contributed by atoms with E-state index in [2.05, 4.69) is 0 Å². The number of rotatable bonds is 3. The molecule has 1 saturated carbocycles. The Morgan fingerprint density at radius 2 is 2.00 bits per heavy atom. The Morgan fingerprint density at radius 1 is 1.29 bits per heavy atom. The average Bonchev–Trinajstić information content (AvgIpc) is 2.30. The van der Waals surface area contributed by atoms with Crippen molar-refractivity contribution in [2.75, 3.05) is 0 Å². The molecule has 1 fully saturated rings. The fourth-order valence-electron chi connectivity index (χ4n) is 2.53. The molecule has 0 N–H and O–H groups in total. The van der Waals surface area contributed by atoms with Crippen molar-refractivity contribution in [2.45, 2.75) is 25.7 Å². The number of Topliss-reactive ketones (excluding diaryl/α,β-unsaturated/α-hetero) is 1. The van der Waals surface area contributed by atoms with E-state index in [4.69, 9.17) is 0 Å². The number of ketones is 1. The second-order valence-electron chi connectivity index (χ2n) is 4.66. The number of hydrogen-bond donors (Lipinski definition) is 0. The topological polar surface area (TPSA) is 57.2 Å². The number of aliphatic carboxylic acids is 1. The summed E-state index contributed by atoms with van der Waals surface area (Å²) in [5.74, 6) is -1.43. The Morgan fingerprint density at radius 3 is 2.65 bits per heavy atom. The van der Waals surface area contributed by atoms with Gasteiger partial charge in [-0.25, -0.2) is 0 Å². The smallest absolute Gasteiger partial charge is 0.133 e. The van der Waals surface area contributed by atoms with Gasteiger partial charge in [0.1, 0.15) is 5.78 Å². The number of benzene rings is 1. The van der Waals surface area contributed by atoms with Gasteiger partial charge in [0.15, 0.2) is 0 Å².